The van der Waals surface area contributed by atoms with Crippen molar-refractivity contribution in [3.05, 3.63) is 77.9 Å². The van der Waals surface area contributed by atoms with Crippen molar-refractivity contribution in [3.8, 4) is 11.1 Å². The predicted molar refractivity (Wildman–Crippen MR) is 116 cm³/mol. The lowest BCUT2D eigenvalue weighted by atomic mass is 9.84. The van der Waals surface area contributed by atoms with Crippen molar-refractivity contribution < 1.29 is 0 Å². The number of rotatable bonds is 3. The highest BCUT2D eigenvalue weighted by Gasteiger charge is 2.15. The summed E-state index contributed by atoms with van der Waals surface area (Å²) in [4.78, 5) is 0. The van der Waals surface area contributed by atoms with E-state index in [0.29, 0.717) is 5.92 Å². The first kappa shape index (κ1) is 16.9. The van der Waals surface area contributed by atoms with Crippen molar-refractivity contribution >= 4 is 34.9 Å². The van der Waals surface area contributed by atoms with Gasteiger partial charge in [-0.25, -0.2) is 0 Å². The van der Waals surface area contributed by atoms with Crippen molar-refractivity contribution in [1.29, 1.82) is 0 Å². The third-order valence-corrected chi connectivity index (χ3v) is 5.66. The first-order valence-electron chi connectivity index (χ1n) is 9.41. The second kappa shape index (κ2) is 6.65. The zero-order valence-corrected chi connectivity index (χ0v) is 15.7. The second-order valence-electron chi connectivity index (χ2n) is 7.28. The van der Waals surface area contributed by atoms with Crippen molar-refractivity contribution in [1.82, 2.24) is 0 Å². The second-order valence-corrected chi connectivity index (χ2v) is 7.28. The van der Waals surface area contributed by atoms with Gasteiger partial charge in [-0.1, -0.05) is 80.0 Å². The molecule has 0 saturated carbocycles. The Hall–Kier alpha value is -2.54. The van der Waals surface area contributed by atoms with Crippen LogP contribution in [0.4, 0.5) is 0 Å². The monoisotopic (exact) mass is 334 g/mol. The number of hydrogen-bond donors (Lipinski definition) is 0. The zero-order chi connectivity index (χ0) is 18.3. The summed E-state index contributed by atoms with van der Waals surface area (Å²) in [7, 11) is 5.99. The first-order valence-corrected chi connectivity index (χ1v) is 9.41. The molecule has 4 aromatic rings. The van der Waals surface area contributed by atoms with Gasteiger partial charge in [-0.2, -0.15) is 0 Å². The first-order chi connectivity index (χ1) is 12.6. The summed E-state index contributed by atoms with van der Waals surface area (Å²) in [6.07, 6.45) is 1.15. The minimum absolute atomic E-state index is 0.554. The van der Waals surface area contributed by atoms with Gasteiger partial charge < -0.3 is 0 Å². The Morgan fingerprint density at radius 2 is 1.50 bits per heavy atom. The van der Waals surface area contributed by atoms with Crippen LogP contribution in [-0.4, -0.2) is 7.85 Å². The number of fused-ring (bicyclic) bond motifs is 3. The molecule has 0 spiro atoms. The summed E-state index contributed by atoms with van der Waals surface area (Å²) in [6.45, 7) is 6.88. The molecular weight excluding hydrogens is 311 g/mol. The standard InChI is InChI=1S/C25H23B/c1-4-16(2)25-17(3)21-13-12-19(18-8-7-9-20(26)14-18)15-24(21)22-10-5-6-11-23(22)25/h5-16H,4H2,1-3H3. The molecule has 0 aliphatic heterocycles. The predicted octanol–water partition coefficient (Wildman–Crippen LogP) is 6.28. The van der Waals surface area contributed by atoms with E-state index in [1.807, 2.05) is 18.2 Å². The lowest BCUT2D eigenvalue weighted by Gasteiger charge is -2.20. The lowest BCUT2D eigenvalue weighted by Crippen LogP contribution is -2.01. The summed E-state index contributed by atoms with van der Waals surface area (Å²) in [5.74, 6) is 0.554. The third kappa shape index (κ3) is 2.72. The summed E-state index contributed by atoms with van der Waals surface area (Å²) in [6, 6.07) is 23.8. The molecule has 0 aliphatic carbocycles. The van der Waals surface area contributed by atoms with Gasteiger partial charge in [0, 0.05) is 0 Å². The Labute approximate surface area is 157 Å². The average molecular weight is 334 g/mol. The van der Waals surface area contributed by atoms with Crippen LogP contribution >= 0.6 is 0 Å². The van der Waals surface area contributed by atoms with E-state index < -0.39 is 0 Å². The van der Waals surface area contributed by atoms with Crippen LogP contribution in [0.5, 0.6) is 0 Å². The highest BCUT2D eigenvalue weighted by Crippen LogP contribution is 2.38. The molecule has 0 bridgehead atoms. The Morgan fingerprint density at radius 3 is 2.23 bits per heavy atom. The molecule has 0 heterocycles. The molecule has 1 heteroatoms. The highest BCUT2D eigenvalue weighted by atomic mass is 14.2. The topological polar surface area (TPSA) is 0 Å². The van der Waals surface area contributed by atoms with Gasteiger partial charge >= 0.3 is 0 Å². The smallest absolute Gasteiger partial charge is 0.0961 e. The van der Waals surface area contributed by atoms with Crippen molar-refractivity contribution in [3.63, 3.8) is 0 Å². The normalized spacial score (nSPS) is 12.6. The summed E-state index contributed by atoms with van der Waals surface area (Å²) in [5.41, 5.74) is 6.08. The van der Waals surface area contributed by atoms with E-state index >= 15 is 0 Å². The molecule has 0 amide bonds. The molecule has 4 rings (SSSR count). The van der Waals surface area contributed by atoms with E-state index in [0.717, 1.165) is 11.9 Å². The zero-order valence-electron chi connectivity index (χ0n) is 15.7. The third-order valence-electron chi connectivity index (χ3n) is 5.66. The van der Waals surface area contributed by atoms with Gasteiger partial charge in [-0.3, -0.25) is 0 Å². The van der Waals surface area contributed by atoms with E-state index in [9.17, 15) is 0 Å². The van der Waals surface area contributed by atoms with Gasteiger partial charge in [0.15, 0.2) is 0 Å². The van der Waals surface area contributed by atoms with Crippen LogP contribution in [0.2, 0.25) is 0 Å². The van der Waals surface area contributed by atoms with E-state index in [1.165, 1.54) is 43.8 Å². The Morgan fingerprint density at radius 1 is 0.769 bits per heavy atom. The van der Waals surface area contributed by atoms with Crippen LogP contribution in [0, 0.1) is 6.92 Å². The maximum atomic E-state index is 5.99. The molecule has 0 saturated heterocycles. The molecular formula is C25H23B. The van der Waals surface area contributed by atoms with E-state index in [4.69, 9.17) is 7.85 Å². The van der Waals surface area contributed by atoms with E-state index in [2.05, 4.69) is 69.3 Å². The van der Waals surface area contributed by atoms with E-state index in [-0.39, 0.29) is 0 Å². The Bertz CT molecular complexity index is 1110. The molecule has 0 fully saturated rings. The fraction of sp³-hybridized carbons (Fsp3) is 0.200. The maximum absolute atomic E-state index is 5.99. The van der Waals surface area contributed by atoms with Gasteiger partial charge in [0.05, 0.1) is 0 Å². The quantitative estimate of drug-likeness (QED) is 0.306. The molecule has 26 heavy (non-hydrogen) atoms. The minimum Gasteiger partial charge on any atom is -0.0961 e. The Balaban J connectivity index is 2.07. The molecule has 1 atom stereocenters. The van der Waals surface area contributed by atoms with Crippen molar-refractivity contribution in [2.24, 2.45) is 0 Å². The maximum Gasteiger partial charge on any atom is 0.113 e. The van der Waals surface area contributed by atoms with Crippen LogP contribution in [-0.2, 0) is 0 Å². The van der Waals surface area contributed by atoms with Gasteiger partial charge in [0.25, 0.3) is 0 Å². The highest BCUT2D eigenvalue weighted by molar-refractivity contribution is 6.32. The largest absolute Gasteiger partial charge is 0.113 e. The van der Waals surface area contributed by atoms with Crippen LogP contribution in [0.1, 0.15) is 37.3 Å². The summed E-state index contributed by atoms with van der Waals surface area (Å²) in [5, 5.41) is 5.41. The average Bonchev–Trinajstić information content (AvgIpc) is 2.67. The van der Waals surface area contributed by atoms with Crippen molar-refractivity contribution in [2.75, 3.05) is 0 Å². The van der Waals surface area contributed by atoms with Crippen LogP contribution < -0.4 is 5.46 Å². The SMILES string of the molecule is [B]c1cccc(-c2ccc3c(C)c(C(C)CC)c4ccccc4c3c2)c1. The number of aryl methyl sites for hydroxylation is 1. The minimum atomic E-state index is 0.554. The molecule has 1 unspecified atom stereocenters. The van der Waals surface area contributed by atoms with Crippen molar-refractivity contribution in [2.45, 2.75) is 33.1 Å². The fourth-order valence-electron chi connectivity index (χ4n) is 4.13. The van der Waals surface area contributed by atoms with Gasteiger partial charge in [-0.15, -0.1) is 0 Å². The van der Waals surface area contributed by atoms with Gasteiger partial charge in [0.2, 0.25) is 0 Å². The van der Waals surface area contributed by atoms with Gasteiger partial charge in [-0.05, 0) is 69.1 Å². The molecule has 0 aromatic heterocycles. The summed E-state index contributed by atoms with van der Waals surface area (Å²) >= 11 is 0. The van der Waals surface area contributed by atoms with Crippen LogP contribution in [0.3, 0.4) is 0 Å². The summed E-state index contributed by atoms with van der Waals surface area (Å²) < 4.78 is 0. The number of hydrogen-bond acceptors (Lipinski definition) is 0. The molecule has 0 N–H and O–H groups in total. The lowest BCUT2D eigenvalue weighted by molar-refractivity contribution is 0.736. The molecule has 0 nitrogen and oxygen atoms in total. The molecule has 4 aromatic carbocycles. The molecule has 126 valence electrons. The fourth-order valence-corrected chi connectivity index (χ4v) is 4.13. The van der Waals surface area contributed by atoms with E-state index in [1.54, 1.807) is 0 Å². The van der Waals surface area contributed by atoms with Gasteiger partial charge in [0.1, 0.15) is 7.85 Å². The number of benzene rings is 4. The van der Waals surface area contributed by atoms with Crippen LogP contribution in [0.25, 0.3) is 32.7 Å². The molecule has 0 aliphatic rings. The molecule has 2 radical (unpaired) electrons. The Kier molecular flexibility index (Phi) is 4.32. The van der Waals surface area contributed by atoms with Crippen LogP contribution in [0.15, 0.2) is 66.7 Å².